The number of carbonyl (C=O) groups is 1. The summed E-state index contributed by atoms with van der Waals surface area (Å²) in [6, 6.07) is 8.02. The third-order valence-corrected chi connectivity index (χ3v) is 2.34. The van der Waals surface area contributed by atoms with Crippen molar-refractivity contribution in [3.8, 4) is 0 Å². The van der Waals surface area contributed by atoms with Crippen LogP contribution >= 0.6 is 0 Å². The van der Waals surface area contributed by atoms with Gasteiger partial charge < -0.3 is 5.32 Å². The molecule has 0 aliphatic rings. The highest BCUT2D eigenvalue weighted by atomic mass is 19.1. The van der Waals surface area contributed by atoms with Gasteiger partial charge in [-0.3, -0.25) is 14.9 Å². The molecule has 1 N–H and O–H groups in total. The van der Waals surface area contributed by atoms with E-state index in [1.165, 1.54) is 24.3 Å². The lowest BCUT2D eigenvalue weighted by Gasteiger charge is -2.05. The zero-order valence-corrected chi connectivity index (χ0v) is 9.54. The third-order valence-electron chi connectivity index (χ3n) is 2.34. The van der Waals surface area contributed by atoms with Gasteiger partial charge in [-0.2, -0.15) is 4.39 Å². The second-order valence-corrected chi connectivity index (χ2v) is 3.60. The van der Waals surface area contributed by atoms with E-state index in [2.05, 4.69) is 10.3 Å². The van der Waals surface area contributed by atoms with Crippen molar-refractivity contribution in [2.45, 2.75) is 0 Å². The van der Waals surface area contributed by atoms with Gasteiger partial charge in [0.05, 0.1) is 10.5 Å². The van der Waals surface area contributed by atoms with Crippen LogP contribution in [-0.4, -0.2) is 15.8 Å². The lowest BCUT2D eigenvalue weighted by molar-refractivity contribution is -0.383. The lowest BCUT2D eigenvalue weighted by atomic mass is 10.2. The summed E-state index contributed by atoms with van der Waals surface area (Å²) in [5.41, 5.74) is -0.0349. The Morgan fingerprint density at radius 1 is 1.26 bits per heavy atom. The Bertz CT molecular complexity index is 628. The largest absolute Gasteiger partial charge is 0.316 e. The van der Waals surface area contributed by atoms with E-state index in [4.69, 9.17) is 0 Å². The molecule has 0 unspecified atom stereocenters. The number of benzene rings is 1. The standard InChI is InChI=1S/C12H8FN3O3/c13-11-6-5-8(7-14-11)12(17)15-9-3-1-2-4-10(9)16(18)19/h1-7H,(H,15,17). The number of anilines is 1. The lowest BCUT2D eigenvalue weighted by Crippen LogP contribution is -2.13. The molecule has 96 valence electrons. The molecule has 0 spiro atoms. The summed E-state index contributed by atoms with van der Waals surface area (Å²) >= 11 is 0. The number of amides is 1. The van der Waals surface area contributed by atoms with Crippen LogP contribution in [0.1, 0.15) is 10.4 Å². The molecular formula is C12H8FN3O3. The second-order valence-electron chi connectivity index (χ2n) is 3.60. The van der Waals surface area contributed by atoms with Gasteiger partial charge >= 0.3 is 0 Å². The molecule has 0 saturated heterocycles. The Morgan fingerprint density at radius 2 is 2.00 bits per heavy atom. The first-order valence-electron chi connectivity index (χ1n) is 5.24. The minimum Gasteiger partial charge on any atom is -0.316 e. The van der Waals surface area contributed by atoms with Gasteiger partial charge in [-0.05, 0) is 18.2 Å². The van der Waals surface area contributed by atoms with Gasteiger partial charge in [0, 0.05) is 12.3 Å². The predicted octanol–water partition coefficient (Wildman–Crippen LogP) is 2.38. The number of nitro groups is 1. The average molecular weight is 261 g/mol. The minimum atomic E-state index is -0.706. The van der Waals surface area contributed by atoms with Crippen LogP contribution in [0.5, 0.6) is 0 Å². The van der Waals surface area contributed by atoms with Gasteiger partial charge in [0.15, 0.2) is 0 Å². The Hall–Kier alpha value is -2.83. The van der Waals surface area contributed by atoms with E-state index in [0.717, 1.165) is 12.3 Å². The quantitative estimate of drug-likeness (QED) is 0.522. The maximum atomic E-state index is 12.6. The number of halogens is 1. The molecule has 2 aromatic rings. The van der Waals surface area contributed by atoms with Crippen molar-refractivity contribution in [1.82, 2.24) is 4.98 Å². The number of hydrogen-bond donors (Lipinski definition) is 1. The fourth-order valence-electron chi connectivity index (χ4n) is 1.44. The first-order chi connectivity index (χ1) is 9.08. The highest BCUT2D eigenvalue weighted by molar-refractivity contribution is 6.05. The van der Waals surface area contributed by atoms with E-state index in [-0.39, 0.29) is 16.9 Å². The number of pyridine rings is 1. The molecule has 6 nitrogen and oxygen atoms in total. The van der Waals surface area contributed by atoms with Crippen LogP contribution in [-0.2, 0) is 0 Å². The Balaban J connectivity index is 2.24. The molecule has 0 aliphatic carbocycles. The van der Waals surface area contributed by atoms with Crippen LogP contribution in [0.25, 0.3) is 0 Å². The summed E-state index contributed by atoms with van der Waals surface area (Å²) < 4.78 is 12.6. The fourth-order valence-corrected chi connectivity index (χ4v) is 1.44. The van der Waals surface area contributed by atoms with E-state index in [1.807, 2.05) is 0 Å². The molecule has 2 rings (SSSR count). The van der Waals surface area contributed by atoms with E-state index in [1.54, 1.807) is 6.07 Å². The van der Waals surface area contributed by atoms with Gasteiger partial charge in [-0.15, -0.1) is 0 Å². The molecule has 19 heavy (non-hydrogen) atoms. The third kappa shape index (κ3) is 2.89. The number of nitrogens with zero attached hydrogens (tertiary/aromatic N) is 2. The van der Waals surface area contributed by atoms with Crippen molar-refractivity contribution < 1.29 is 14.1 Å². The molecular weight excluding hydrogens is 253 g/mol. The molecule has 7 heteroatoms. The summed E-state index contributed by atoms with van der Waals surface area (Å²) in [4.78, 5) is 25.3. The van der Waals surface area contributed by atoms with Crippen molar-refractivity contribution in [3.05, 3.63) is 64.2 Å². The van der Waals surface area contributed by atoms with E-state index in [0.29, 0.717) is 0 Å². The first kappa shape index (κ1) is 12.6. The monoisotopic (exact) mass is 261 g/mol. The van der Waals surface area contributed by atoms with Gasteiger partial charge in [0.25, 0.3) is 11.6 Å². The Morgan fingerprint density at radius 3 is 2.63 bits per heavy atom. The Labute approximate surface area is 107 Å². The summed E-state index contributed by atoms with van der Waals surface area (Å²) in [5.74, 6) is -1.30. The van der Waals surface area contributed by atoms with Gasteiger partial charge in [0.2, 0.25) is 5.95 Å². The number of hydrogen-bond acceptors (Lipinski definition) is 4. The summed E-state index contributed by atoms with van der Waals surface area (Å²) in [6.45, 7) is 0. The molecule has 1 aromatic carbocycles. The minimum absolute atomic E-state index is 0.0711. The highest BCUT2D eigenvalue weighted by Gasteiger charge is 2.15. The van der Waals surface area contributed by atoms with E-state index in [9.17, 15) is 19.3 Å². The second kappa shape index (κ2) is 5.21. The number of aromatic nitrogens is 1. The van der Waals surface area contributed by atoms with Crippen LogP contribution in [0.15, 0.2) is 42.6 Å². The average Bonchev–Trinajstić information content (AvgIpc) is 2.39. The summed E-state index contributed by atoms with van der Waals surface area (Å²) in [6.07, 6.45) is 1.06. The van der Waals surface area contributed by atoms with Crippen molar-refractivity contribution in [1.29, 1.82) is 0 Å². The van der Waals surface area contributed by atoms with Crippen molar-refractivity contribution >= 4 is 17.3 Å². The SMILES string of the molecule is O=C(Nc1ccccc1[N+](=O)[O-])c1ccc(F)nc1. The molecule has 0 fully saturated rings. The van der Waals surface area contributed by atoms with E-state index >= 15 is 0 Å². The number of rotatable bonds is 3. The topological polar surface area (TPSA) is 85.1 Å². The maximum absolute atomic E-state index is 12.6. The number of para-hydroxylation sites is 2. The predicted molar refractivity (Wildman–Crippen MR) is 65.2 cm³/mol. The van der Waals surface area contributed by atoms with Crippen LogP contribution < -0.4 is 5.32 Å². The van der Waals surface area contributed by atoms with Gasteiger partial charge in [-0.25, -0.2) is 4.98 Å². The van der Waals surface area contributed by atoms with Crippen LogP contribution in [0.2, 0.25) is 0 Å². The zero-order valence-electron chi connectivity index (χ0n) is 9.54. The first-order valence-corrected chi connectivity index (χ1v) is 5.24. The molecule has 0 radical (unpaired) electrons. The normalized spacial score (nSPS) is 9.95. The molecule has 0 saturated carbocycles. The molecule has 1 aromatic heterocycles. The maximum Gasteiger partial charge on any atom is 0.292 e. The smallest absolute Gasteiger partial charge is 0.292 e. The number of nitro benzene ring substituents is 1. The number of carbonyl (C=O) groups excluding carboxylic acids is 1. The molecule has 1 heterocycles. The van der Waals surface area contributed by atoms with Gasteiger partial charge in [-0.1, -0.05) is 12.1 Å². The van der Waals surface area contributed by atoms with Crippen molar-refractivity contribution in [2.24, 2.45) is 0 Å². The molecule has 0 bridgehead atoms. The van der Waals surface area contributed by atoms with Crippen LogP contribution in [0.3, 0.4) is 0 Å². The van der Waals surface area contributed by atoms with E-state index < -0.39 is 16.8 Å². The van der Waals surface area contributed by atoms with Crippen molar-refractivity contribution in [3.63, 3.8) is 0 Å². The zero-order chi connectivity index (χ0) is 13.8. The fraction of sp³-hybridized carbons (Fsp3) is 0. The molecule has 0 aliphatic heterocycles. The summed E-state index contributed by atoms with van der Waals surface area (Å²) in [7, 11) is 0. The highest BCUT2D eigenvalue weighted by Crippen LogP contribution is 2.23. The summed E-state index contributed by atoms with van der Waals surface area (Å²) in [5, 5.41) is 13.2. The molecule has 0 atom stereocenters. The molecule has 1 amide bonds. The number of nitrogens with one attached hydrogen (secondary N) is 1. The van der Waals surface area contributed by atoms with Crippen molar-refractivity contribution in [2.75, 3.05) is 5.32 Å². The van der Waals surface area contributed by atoms with Gasteiger partial charge in [0.1, 0.15) is 5.69 Å². The Kier molecular flexibility index (Phi) is 3.46. The van der Waals surface area contributed by atoms with Crippen LogP contribution in [0.4, 0.5) is 15.8 Å². The van der Waals surface area contributed by atoms with Crippen LogP contribution in [0, 0.1) is 16.1 Å².